The van der Waals surface area contributed by atoms with Crippen LogP contribution in [-0.4, -0.2) is 31.7 Å². The molecule has 3 rings (SSSR count). The van der Waals surface area contributed by atoms with Crippen molar-refractivity contribution in [2.45, 2.75) is 6.67 Å². The van der Waals surface area contributed by atoms with Gasteiger partial charge in [-0.05, 0) is 12.1 Å². The third-order valence-corrected chi connectivity index (χ3v) is 3.27. The zero-order valence-electron chi connectivity index (χ0n) is 11.7. The highest BCUT2D eigenvalue weighted by molar-refractivity contribution is 6.30. The molecule has 3 aromatic heterocycles. The average molecular weight is 318 g/mol. The van der Waals surface area contributed by atoms with Crippen LogP contribution in [-0.2, 0) is 6.67 Å². The zero-order valence-corrected chi connectivity index (χ0v) is 12.4. The van der Waals surface area contributed by atoms with E-state index in [1.807, 2.05) is 6.07 Å². The smallest absolute Gasteiger partial charge is 0.253 e. The van der Waals surface area contributed by atoms with E-state index in [2.05, 4.69) is 15.3 Å². The fraction of sp³-hybridized carbons (Fsp3) is 0.143. The van der Waals surface area contributed by atoms with E-state index in [9.17, 15) is 4.79 Å². The Bertz CT molecular complexity index is 858. The quantitative estimate of drug-likeness (QED) is 0.731. The number of pyridine rings is 2. The molecular formula is C14H12ClN5O2. The zero-order chi connectivity index (χ0) is 15.5. The molecule has 7 nitrogen and oxygen atoms in total. The second kappa shape index (κ2) is 5.98. The molecule has 0 aliphatic rings. The van der Waals surface area contributed by atoms with Crippen molar-refractivity contribution in [3.8, 4) is 17.0 Å². The SMILES string of the molecule is COc1cncc(-c2cn(Cn3ccc(Cl)cc3=O)nn2)c1. The molecule has 3 heterocycles. The summed E-state index contributed by atoms with van der Waals surface area (Å²) >= 11 is 5.77. The topological polar surface area (TPSA) is 74.8 Å². The van der Waals surface area contributed by atoms with Gasteiger partial charge >= 0.3 is 0 Å². The van der Waals surface area contributed by atoms with E-state index in [0.717, 1.165) is 5.56 Å². The summed E-state index contributed by atoms with van der Waals surface area (Å²) in [7, 11) is 1.57. The van der Waals surface area contributed by atoms with E-state index in [-0.39, 0.29) is 12.2 Å². The molecular weight excluding hydrogens is 306 g/mol. The van der Waals surface area contributed by atoms with Gasteiger partial charge in [-0.3, -0.25) is 14.3 Å². The third-order valence-electron chi connectivity index (χ3n) is 3.04. The number of hydrogen-bond donors (Lipinski definition) is 0. The van der Waals surface area contributed by atoms with Crippen LogP contribution in [0, 0.1) is 0 Å². The molecule has 3 aromatic rings. The van der Waals surface area contributed by atoms with Crippen LogP contribution >= 0.6 is 11.6 Å². The van der Waals surface area contributed by atoms with Crippen molar-refractivity contribution < 1.29 is 4.74 Å². The lowest BCUT2D eigenvalue weighted by Gasteiger charge is -2.04. The van der Waals surface area contributed by atoms with Gasteiger partial charge in [0.2, 0.25) is 0 Å². The van der Waals surface area contributed by atoms with E-state index in [4.69, 9.17) is 16.3 Å². The Morgan fingerprint density at radius 3 is 2.95 bits per heavy atom. The molecule has 0 fully saturated rings. The summed E-state index contributed by atoms with van der Waals surface area (Å²) in [5.74, 6) is 0.640. The minimum absolute atomic E-state index is 0.201. The number of hydrogen-bond acceptors (Lipinski definition) is 5. The normalized spacial score (nSPS) is 10.6. The summed E-state index contributed by atoms with van der Waals surface area (Å²) in [6.45, 7) is 0.250. The number of ether oxygens (including phenoxy) is 1. The van der Waals surface area contributed by atoms with E-state index in [1.54, 1.807) is 42.6 Å². The van der Waals surface area contributed by atoms with Crippen molar-refractivity contribution in [2.75, 3.05) is 7.11 Å². The molecule has 0 aliphatic carbocycles. The van der Waals surface area contributed by atoms with Crippen molar-refractivity contribution >= 4 is 11.6 Å². The van der Waals surface area contributed by atoms with Crippen LogP contribution in [0.4, 0.5) is 0 Å². The number of rotatable bonds is 4. The van der Waals surface area contributed by atoms with Crippen molar-refractivity contribution in [1.82, 2.24) is 24.5 Å². The monoisotopic (exact) mass is 317 g/mol. The molecule has 0 bridgehead atoms. The molecule has 112 valence electrons. The fourth-order valence-corrected chi connectivity index (χ4v) is 2.08. The second-order valence-corrected chi connectivity index (χ2v) is 4.99. The standard InChI is InChI=1S/C14H12ClN5O2/c1-22-12-4-10(6-16-7-12)13-8-20(18-17-13)9-19-3-2-11(15)5-14(19)21/h2-8H,9H2,1H3. The van der Waals surface area contributed by atoms with Gasteiger partial charge in [0.05, 0.1) is 19.5 Å². The minimum atomic E-state index is -0.201. The van der Waals surface area contributed by atoms with Gasteiger partial charge in [0.25, 0.3) is 5.56 Å². The van der Waals surface area contributed by atoms with E-state index < -0.39 is 0 Å². The molecule has 0 saturated carbocycles. The van der Waals surface area contributed by atoms with Gasteiger partial charge in [-0.1, -0.05) is 16.8 Å². The van der Waals surface area contributed by atoms with Crippen LogP contribution in [0.25, 0.3) is 11.3 Å². The first-order valence-electron chi connectivity index (χ1n) is 6.41. The van der Waals surface area contributed by atoms with E-state index in [0.29, 0.717) is 16.5 Å². The Hall–Kier alpha value is -2.67. The molecule has 8 heteroatoms. The van der Waals surface area contributed by atoms with E-state index >= 15 is 0 Å². The van der Waals surface area contributed by atoms with Gasteiger partial charge in [-0.2, -0.15) is 0 Å². The summed E-state index contributed by atoms with van der Waals surface area (Å²) in [5, 5.41) is 8.50. The molecule has 0 unspecified atom stereocenters. The number of methoxy groups -OCH3 is 1. The van der Waals surface area contributed by atoms with Crippen LogP contribution in [0.2, 0.25) is 5.02 Å². The lowest BCUT2D eigenvalue weighted by molar-refractivity contribution is 0.413. The fourth-order valence-electron chi connectivity index (χ4n) is 1.93. The first-order chi connectivity index (χ1) is 10.7. The molecule has 0 radical (unpaired) electrons. The van der Waals surface area contributed by atoms with Crippen molar-refractivity contribution in [2.24, 2.45) is 0 Å². The largest absolute Gasteiger partial charge is 0.495 e. The molecule has 22 heavy (non-hydrogen) atoms. The first kappa shape index (κ1) is 14.3. The Morgan fingerprint density at radius 1 is 1.32 bits per heavy atom. The highest BCUT2D eigenvalue weighted by Gasteiger charge is 2.06. The molecule has 0 amide bonds. The van der Waals surface area contributed by atoms with Gasteiger partial charge in [-0.25, -0.2) is 4.68 Å². The van der Waals surface area contributed by atoms with Crippen LogP contribution in [0.15, 0.2) is 47.8 Å². The average Bonchev–Trinajstić information content (AvgIpc) is 2.99. The summed E-state index contributed by atoms with van der Waals surface area (Å²) in [6, 6.07) is 4.81. The maximum atomic E-state index is 11.8. The predicted octanol–water partition coefficient (Wildman–Crippen LogP) is 1.67. The van der Waals surface area contributed by atoms with Crippen LogP contribution in [0.5, 0.6) is 5.75 Å². The number of aromatic nitrogens is 5. The summed E-state index contributed by atoms with van der Waals surface area (Å²) in [5.41, 5.74) is 1.23. The van der Waals surface area contributed by atoms with Gasteiger partial charge in [0.1, 0.15) is 18.1 Å². The van der Waals surface area contributed by atoms with Gasteiger partial charge < -0.3 is 4.74 Å². The van der Waals surface area contributed by atoms with Crippen molar-refractivity contribution in [3.05, 3.63) is 58.4 Å². The minimum Gasteiger partial charge on any atom is -0.495 e. The number of nitrogens with zero attached hydrogens (tertiary/aromatic N) is 5. The molecule has 0 atom stereocenters. The lowest BCUT2D eigenvalue weighted by atomic mass is 10.2. The molecule has 0 saturated heterocycles. The maximum absolute atomic E-state index is 11.8. The van der Waals surface area contributed by atoms with Crippen LogP contribution in [0.3, 0.4) is 0 Å². The third kappa shape index (κ3) is 2.99. The highest BCUT2D eigenvalue weighted by Crippen LogP contribution is 2.19. The van der Waals surface area contributed by atoms with Gasteiger partial charge in [0.15, 0.2) is 0 Å². The maximum Gasteiger partial charge on any atom is 0.253 e. The number of halogens is 1. The molecule has 0 aromatic carbocycles. The highest BCUT2D eigenvalue weighted by atomic mass is 35.5. The summed E-state index contributed by atoms with van der Waals surface area (Å²) in [6.07, 6.45) is 6.63. The molecule has 0 N–H and O–H groups in total. The Labute approximate surface area is 130 Å². The summed E-state index contributed by atoms with van der Waals surface area (Å²) < 4.78 is 8.17. The Balaban J connectivity index is 1.85. The van der Waals surface area contributed by atoms with Gasteiger partial charge in [0, 0.05) is 29.0 Å². The molecule has 0 spiro atoms. The summed E-state index contributed by atoms with van der Waals surface area (Å²) in [4.78, 5) is 15.9. The second-order valence-electron chi connectivity index (χ2n) is 4.55. The van der Waals surface area contributed by atoms with Gasteiger partial charge in [-0.15, -0.1) is 5.10 Å². The Morgan fingerprint density at radius 2 is 2.18 bits per heavy atom. The Kier molecular flexibility index (Phi) is 3.88. The van der Waals surface area contributed by atoms with E-state index in [1.165, 1.54) is 10.6 Å². The predicted molar refractivity (Wildman–Crippen MR) is 80.9 cm³/mol. The lowest BCUT2D eigenvalue weighted by Crippen LogP contribution is -2.22. The van der Waals surface area contributed by atoms with Crippen LogP contribution < -0.4 is 10.3 Å². The molecule has 0 aliphatic heterocycles. The van der Waals surface area contributed by atoms with Crippen molar-refractivity contribution in [1.29, 1.82) is 0 Å². The van der Waals surface area contributed by atoms with Crippen molar-refractivity contribution in [3.63, 3.8) is 0 Å². The first-order valence-corrected chi connectivity index (χ1v) is 6.79. The van der Waals surface area contributed by atoms with Crippen LogP contribution in [0.1, 0.15) is 0 Å².